The van der Waals surface area contributed by atoms with Gasteiger partial charge in [0.1, 0.15) is 0 Å². The zero-order valence-electron chi connectivity index (χ0n) is 11.9. The molecule has 2 rings (SSSR count). The molecule has 1 aliphatic rings. The molecule has 0 radical (unpaired) electrons. The zero-order valence-corrected chi connectivity index (χ0v) is 11.9. The van der Waals surface area contributed by atoms with Crippen molar-refractivity contribution in [1.82, 2.24) is 20.8 Å². The Hall–Kier alpha value is -1.63. The van der Waals surface area contributed by atoms with Crippen molar-refractivity contribution in [3.63, 3.8) is 0 Å². The van der Waals surface area contributed by atoms with Crippen molar-refractivity contribution in [2.75, 3.05) is 13.2 Å². The quantitative estimate of drug-likeness (QED) is 0.772. The second-order valence-electron chi connectivity index (χ2n) is 4.98. The third-order valence-electron chi connectivity index (χ3n) is 3.23. The summed E-state index contributed by atoms with van der Waals surface area (Å²) in [6, 6.07) is -0.217. The summed E-state index contributed by atoms with van der Waals surface area (Å²) in [6.45, 7) is 3.51. The van der Waals surface area contributed by atoms with Crippen molar-refractivity contribution in [3.05, 3.63) is 11.7 Å². The summed E-state index contributed by atoms with van der Waals surface area (Å²) in [4.78, 5) is 15.5. The molecule has 0 saturated carbocycles. The van der Waals surface area contributed by atoms with E-state index in [1.807, 2.05) is 0 Å². The maximum atomic E-state index is 11.5. The fourth-order valence-electron chi connectivity index (χ4n) is 2.20. The maximum Gasteiger partial charge on any atom is 0.315 e. The number of aryl methyl sites for hydroxylation is 1. The number of urea groups is 1. The zero-order chi connectivity index (χ0) is 14.2. The fraction of sp³-hybridized carbons (Fsp3) is 0.769. The van der Waals surface area contributed by atoms with Gasteiger partial charge in [0.05, 0.1) is 12.6 Å². The number of rotatable bonds is 6. The number of hydrogen-bond donors (Lipinski definition) is 2. The highest BCUT2D eigenvalue weighted by atomic mass is 16.5. The van der Waals surface area contributed by atoms with Gasteiger partial charge in [0.25, 0.3) is 0 Å². The topological polar surface area (TPSA) is 89.3 Å². The van der Waals surface area contributed by atoms with E-state index in [-0.39, 0.29) is 12.6 Å². The number of hydrogen-bond acceptors (Lipinski definition) is 5. The van der Waals surface area contributed by atoms with E-state index >= 15 is 0 Å². The summed E-state index contributed by atoms with van der Waals surface area (Å²) < 4.78 is 10.5. The molecule has 1 fully saturated rings. The lowest BCUT2D eigenvalue weighted by Crippen LogP contribution is -2.36. The Balaban J connectivity index is 1.51. The van der Waals surface area contributed by atoms with E-state index in [4.69, 9.17) is 9.26 Å². The van der Waals surface area contributed by atoms with Crippen molar-refractivity contribution < 1.29 is 14.1 Å². The Morgan fingerprint density at radius 1 is 1.40 bits per heavy atom. The first-order valence-electron chi connectivity index (χ1n) is 7.16. The van der Waals surface area contributed by atoms with Crippen LogP contribution in [0.1, 0.15) is 43.8 Å². The van der Waals surface area contributed by atoms with Crippen molar-refractivity contribution in [3.8, 4) is 0 Å². The third-order valence-corrected chi connectivity index (χ3v) is 3.23. The van der Waals surface area contributed by atoms with Gasteiger partial charge in [0.15, 0.2) is 5.82 Å². The highest BCUT2D eigenvalue weighted by Crippen LogP contribution is 2.16. The summed E-state index contributed by atoms with van der Waals surface area (Å²) in [5, 5.41) is 9.13. The molecule has 20 heavy (non-hydrogen) atoms. The van der Waals surface area contributed by atoms with Gasteiger partial charge in [-0.15, -0.1) is 0 Å². The normalized spacial score (nSPS) is 18.8. The summed E-state index contributed by atoms with van der Waals surface area (Å²) in [7, 11) is 0. The van der Waals surface area contributed by atoms with Gasteiger partial charge in [-0.1, -0.05) is 5.16 Å². The Labute approximate surface area is 118 Å². The van der Waals surface area contributed by atoms with Crippen LogP contribution in [0.3, 0.4) is 0 Å². The number of ether oxygens (including phenoxy) is 1. The monoisotopic (exact) mass is 282 g/mol. The molecule has 0 bridgehead atoms. The van der Waals surface area contributed by atoms with Crippen LogP contribution >= 0.6 is 0 Å². The molecule has 1 aliphatic heterocycles. The van der Waals surface area contributed by atoms with Crippen LogP contribution in [0.2, 0.25) is 0 Å². The van der Waals surface area contributed by atoms with E-state index in [1.165, 1.54) is 12.8 Å². The molecule has 0 spiro atoms. The van der Waals surface area contributed by atoms with E-state index in [0.29, 0.717) is 24.4 Å². The molecule has 2 N–H and O–H groups in total. The molecule has 0 aromatic carbocycles. The summed E-state index contributed by atoms with van der Waals surface area (Å²) in [5.74, 6) is 0.975. The Kier molecular flexibility index (Phi) is 5.79. The number of nitrogens with zero attached hydrogens (tertiary/aromatic N) is 2. The predicted octanol–water partition coefficient (Wildman–Crippen LogP) is 1.53. The van der Waals surface area contributed by atoms with E-state index < -0.39 is 0 Å². The molecule has 7 heteroatoms. The maximum absolute atomic E-state index is 11.5. The number of aromatic nitrogens is 2. The van der Waals surface area contributed by atoms with Gasteiger partial charge in [-0.25, -0.2) is 4.79 Å². The predicted molar refractivity (Wildman–Crippen MR) is 72.1 cm³/mol. The molecule has 1 aromatic heterocycles. The standard InChI is InChI=1S/C13H22N4O3/c1-10-16-12(20-17-10)9-15-13(18)14-7-4-6-11-5-2-3-8-19-11/h11H,2-9H2,1H3,(H2,14,15,18)/t11-/m0/s1. The summed E-state index contributed by atoms with van der Waals surface area (Å²) in [6.07, 6.45) is 5.87. The molecular formula is C13H22N4O3. The van der Waals surface area contributed by atoms with Crippen LogP contribution in [-0.4, -0.2) is 35.4 Å². The summed E-state index contributed by atoms with van der Waals surface area (Å²) >= 11 is 0. The van der Waals surface area contributed by atoms with Gasteiger partial charge in [0.2, 0.25) is 5.89 Å². The molecule has 7 nitrogen and oxygen atoms in total. The van der Waals surface area contributed by atoms with Gasteiger partial charge >= 0.3 is 6.03 Å². The number of carbonyl (C=O) groups is 1. The highest BCUT2D eigenvalue weighted by molar-refractivity contribution is 5.73. The van der Waals surface area contributed by atoms with Crippen LogP contribution in [0.25, 0.3) is 0 Å². The lowest BCUT2D eigenvalue weighted by atomic mass is 10.0. The van der Waals surface area contributed by atoms with Gasteiger partial charge in [-0.05, 0) is 39.0 Å². The van der Waals surface area contributed by atoms with E-state index in [9.17, 15) is 4.79 Å². The first kappa shape index (κ1) is 14.8. The molecule has 1 saturated heterocycles. The Bertz CT molecular complexity index is 416. The van der Waals surface area contributed by atoms with Gasteiger partial charge in [-0.3, -0.25) is 0 Å². The lowest BCUT2D eigenvalue weighted by Gasteiger charge is -2.22. The fourth-order valence-corrected chi connectivity index (χ4v) is 2.20. The first-order chi connectivity index (χ1) is 9.74. The highest BCUT2D eigenvalue weighted by Gasteiger charge is 2.13. The second kappa shape index (κ2) is 7.84. The van der Waals surface area contributed by atoms with Crippen LogP contribution in [-0.2, 0) is 11.3 Å². The smallest absolute Gasteiger partial charge is 0.315 e. The van der Waals surface area contributed by atoms with Crippen LogP contribution < -0.4 is 10.6 Å². The minimum atomic E-state index is -0.217. The molecular weight excluding hydrogens is 260 g/mol. The Morgan fingerprint density at radius 2 is 2.30 bits per heavy atom. The molecule has 0 unspecified atom stereocenters. The third kappa shape index (κ3) is 5.16. The van der Waals surface area contributed by atoms with E-state index in [2.05, 4.69) is 20.8 Å². The molecule has 0 aliphatic carbocycles. The first-order valence-corrected chi connectivity index (χ1v) is 7.16. The largest absolute Gasteiger partial charge is 0.378 e. The average Bonchev–Trinajstić information content (AvgIpc) is 2.88. The molecule has 1 atom stereocenters. The lowest BCUT2D eigenvalue weighted by molar-refractivity contribution is 0.0103. The molecule has 2 amide bonds. The van der Waals surface area contributed by atoms with Crippen molar-refractivity contribution in [2.24, 2.45) is 0 Å². The van der Waals surface area contributed by atoms with Crippen LogP contribution in [0.5, 0.6) is 0 Å². The Morgan fingerprint density at radius 3 is 3.00 bits per heavy atom. The SMILES string of the molecule is Cc1noc(CNC(=O)NCCC[C@@H]2CCCCO2)n1. The van der Waals surface area contributed by atoms with Crippen LogP contribution in [0, 0.1) is 6.92 Å². The van der Waals surface area contributed by atoms with Gasteiger partial charge in [-0.2, -0.15) is 4.98 Å². The van der Waals surface area contributed by atoms with Gasteiger partial charge in [0, 0.05) is 13.2 Å². The van der Waals surface area contributed by atoms with Gasteiger partial charge < -0.3 is 19.9 Å². The van der Waals surface area contributed by atoms with E-state index in [0.717, 1.165) is 25.9 Å². The minimum Gasteiger partial charge on any atom is -0.378 e. The number of amides is 2. The van der Waals surface area contributed by atoms with Crippen molar-refractivity contribution >= 4 is 6.03 Å². The molecule has 112 valence electrons. The van der Waals surface area contributed by atoms with Crippen molar-refractivity contribution in [1.29, 1.82) is 0 Å². The number of nitrogens with one attached hydrogen (secondary N) is 2. The molecule has 2 heterocycles. The van der Waals surface area contributed by atoms with Crippen LogP contribution in [0.15, 0.2) is 4.52 Å². The minimum absolute atomic E-state index is 0.217. The average molecular weight is 282 g/mol. The van der Waals surface area contributed by atoms with Crippen LogP contribution in [0.4, 0.5) is 4.79 Å². The summed E-state index contributed by atoms with van der Waals surface area (Å²) in [5.41, 5.74) is 0. The second-order valence-corrected chi connectivity index (χ2v) is 4.98. The van der Waals surface area contributed by atoms with E-state index in [1.54, 1.807) is 6.92 Å². The van der Waals surface area contributed by atoms with Crippen molar-refractivity contribution in [2.45, 2.75) is 51.7 Å². The molecule has 1 aromatic rings. The number of carbonyl (C=O) groups excluding carboxylic acids is 1.